The van der Waals surface area contributed by atoms with Gasteiger partial charge in [-0.1, -0.05) is 13.0 Å². The highest BCUT2D eigenvalue weighted by Crippen LogP contribution is 2.33. The number of amides is 1. The van der Waals surface area contributed by atoms with Crippen LogP contribution >= 0.6 is 0 Å². The summed E-state index contributed by atoms with van der Waals surface area (Å²) >= 11 is 0. The van der Waals surface area contributed by atoms with Crippen molar-refractivity contribution in [2.45, 2.75) is 52.4 Å². The fourth-order valence-electron chi connectivity index (χ4n) is 2.16. The molecule has 0 aliphatic heterocycles. The third kappa shape index (κ3) is 4.87. The predicted molar refractivity (Wildman–Crippen MR) is 88.0 cm³/mol. The van der Waals surface area contributed by atoms with Gasteiger partial charge in [-0.15, -0.1) is 0 Å². The van der Waals surface area contributed by atoms with Gasteiger partial charge in [0.15, 0.2) is 0 Å². The number of aryl methyl sites for hydroxylation is 2. The summed E-state index contributed by atoms with van der Waals surface area (Å²) in [5.74, 6) is -2.51. The van der Waals surface area contributed by atoms with Crippen LogP contribution in [0.4, 0.5) is 18.9 Å². The second kappa shape index (κ2) is 8.22. The van der Waals surface area contributed by atoms with E-state index < -0.39 is 23.7 Å². The predicted octanol–water partition coefficient (Wildman–Crippen LogP) is 3.45. The van der Waals surface area contributed by atoms with Gasteiger partial charge < -0.3 is 15.4 Å². The van der Waals surface area contributed by atoms with Crippen molar-refractivity contribution < 1.29 is 27.5 Å². The van der Waals surface area contributed by atoms with Gasteiger partial charge in [0.1, 0.15) is 0 Å². The summed E-state index contributed by atoms with van der Waals surface area (Å²) in [5, 5.41) is 3.93. The molecular formula is C17H23F3N2O3. The molecule has 25 heavy (non-hydrogen) atoms. The van der Waals surface area contributed by atoms with Gasteiger partial charge in [0.2, 0.25) is 5.91 Å². The zero-order valence-corrected chi connectivity index (χ0v) is 14.7. The number of rotatable bonds is 7. The Labute approximate surface area is 144 Å². The molecule has 1 aromatic rings. The van der Waals surface area contributed by atoms with Crippen LogP contribution in [0.1, 0.15) is 37.8 Å². The number of carbonyl (C=O) groups excluding carboxylic acids is 2. The first-order valence-electron chi connectivity index (χ1n) is 7.97. The van der Waals surface area contributed by atoms with Gasteiger partial charge in [-0.05, 0) is 50.5 Å². The number of ether oxygens (including phenoxy) is 1. The van der Waals surface area contributed by atoms with Crippen LogP contribution < -0.4 is 10.6 Å². The Balaban J connectivity index is 3.37. The van der Waals surface area contributed by atoms with Gasteiger partial charge in [-0.2, -0.15) is 13.2 Å². The van der Waals surface area contributed by atoms with Crippen LogP contribution in [-0.4, -0.2) is 30.3 Å². The SMILES string of the molecule is CCCC(=O)NC(Nc1ccc(C)c(C)c1)(C(=O)OCC)C(F)(F)F. The molecule has 0 radical (unpaired) electrons. The van der Waals surface area contributed by atoms with Crippen LogP contribution in [0, 0.1) is 13.8 Å². The molecule has 0 bridgehead atoms. The number of hydrogen-bond acceptors (Lipinski definition) is 4. The molecule has 0 saturated carbocycles. The van der Waals surface area contributed by atoms with Gasteiger partial charge in [0.25, 0.3) is 0 Å². The van der Waals surface area contributed by atoms with E-state index in [4.69, 9.17) is 0 Å². The third-order valence-corrected chi connectivity index (χ3v) is 3.65. The highest BCUT2D eigenvalue weighted by molar-refractivity contribution is 5.91. The molecule has 0 aliphatic carbocycles. The minimum atomic E-state index is -5.11. The lowest BCUT2D eigenvalue weighted by molar-refractivity contribution is -0.207. The van der Waals surface area contributed by atoms with E-state index in [-0.39, 0.29) is 18.7 Å². The van der Waals surface area contributed by atoms with E-state index in [1.165, 1.54) is 19.1 Å². The van der Waals surface area contributed by atoms with E-state index in [1.807, 2.05) is 6.92 Å². The van der Waals surface area contributed by atoms with Crippen LogP contribution in [-0.2, 0) is 14.3 Å². The van der Waals surface area contributed by atoms with Crippen molar-refractivity contribution in [3.63, 3.8) is 0 Å². The van der Waals surface area contributed by atoms with Gasteiger partial charge >= 0.3 is 17.8 Å². The summed E-state index contributed by atoms with van der Waals surface area (Å²) in [6, 6.07) is 4.51. The summed E-state index contributed by atoms with van der Waals surface area (Å²) < 4.78 is 46.1. The molecule has 140 valence electrons. The second-order valence-corrected chi connectivity index (χ2v) is 5.69. The number of halogens is 3. The number of esters is 1. The first kappa shape index (κ1) is 20.8. The Hall–Kier alpha value is -2.25. The summed E-state index contributed by atoms with van der Waals surface area (Å²) in [5.41, 5.74) is -1.68. The molecule has 0 heterocycles. The summed E-state index contributed by atoms with van der Waals surface area (Å²) in [4.78, 5) is 24.1. The van der Waals surface area contributed by atoms with Crippen molar-refractivity contribution in [3.8, 4) is 0 Å². The molecule has 1 unspecified atom stereocenters. The van der Waals surface area contributed by atoms with Crippen LogP contribution in [0.5, 0.6) is 0 Å². The zero-order chi connectivity index (χ0) is 19.3. The lowest BCUT2D eigenvalue weighted by Gasteiger charge is -2.35. The number of alkyl halides is 3. The number of hydrogen-bond donors (Lipinski definition) is 2. The molecule has 5 nitrogen and oxygen atoms in total. The first-order chi connectivity index (χ1) is 11.6. The molecule has 1 amide bonds. The smallest absolute Gasteiger partial charge is 0.441 e. The lowest BCUT2D eigenvalue weighted by Crippen LogP contribution is -2.69. The largest absolute Gasteiger partial charge is 0.463 e. The van der Waals surface area contributed by atoms with Gasteiger partial charge in [-0.3, -0.25) is 4.79 Å². The van der Waals surface area contributed by atoms with Crippen molar-refractivity contribution in [3.05, 3.63) is 29.3 Å². The Bertz CT molecular complexity index is 632. The van der Waals surface area contributed by atoms with Gasteiger partial charge in [0, 0.05) is 12.1 Å². The average Bonchev–Trinajstić information content (AvgIpc) is 2.49. The number of carbonyl (C=O) groups is 2. The Morgan fingerprint density at radius 2 is 1.76 bits per heavy atom. The molecule has 1 rings (SSSR count). The number of anilines is 1. The average molecular weight is 360 g/mol. The highest BCUT2D eigenvalue weighted by Gasteiger charge is 2.63. The summed E-state index contributed by atoms with van der Waals surface area (Å²) in [7, 11) is 0. The van der Waals surface area contributed by atoms with Crippen molar-refractivity contribution in [2.75, 3.05) is 11.9 Å². The first-order valence-corrected chi connectivity index (χ1v) is 7.97. The van der Waals surface area contributed by atoms with Crippen molar-refractivity contribution in [1.82, 2.24) is 5.32 Å². The van der Waals surface area contributed by atoms with E-state index in [1.54, 1.807) is 25.2 Å². The Morgan fingerprint density at radius 1 is 1.12 bits per heavy atom. The fraction of sp³-hybridized carbons (Fsp3) is 0.529. The summed E-state index contributed by atoms with van der Waals surface area (Å²) in [6.45, 7) is 6.33. The molecule has 1 aromatic carbocycles. The zero-order valence-electron chi connectivity index (χ0n) is 14.7. The lowest BCUT2D eigenvalue weighted by atomic mass is 10.1. The van der Waals surface area contributed by atoms with E-state index in [0.29, 0.717) is 6.42 Å². The second-order valence-electron chi connectivity index (χ2n) is 5.69. The molecule has 0 aliphatic rings. The molecule has 1 atom stereocenters. The molecule has 8 heteroatoms. The third-order valence-electron chi connectivity index (χ3n) is 3.65. The quantitative estimate of drug-likeness (QED) is 0.577. The van der Waals surface area contributed by atoms with Crippen molar-refractivity contribution in [1.29, 1.82) is 0 Å². The van der Waals surface area contributed by atoms with Crippen LogP contribution in [0.25, 0.3) is 0 Å². The van der Waals surface area contributed by atoms with Crippen molar-refractivity contribution >= 4 is 17.6 Å². The molecular weight excluding hydrogens is 337 g/mol. The van der Waals surface area contributed by atoms with Crippen LogP contribution in [0.3, 0.4) is 0 Å². The van der Waals surface area contributed by atoms with Crippen LogP contribution in [0.15, 0.2) is 18.2 Å². The molecule has 0 aromatic heterocycles. The number of benzene rings is 1. The standard InChI is InChI=1S/C17H23F3N2O3/c1-5-7-14(23)22-16(17(18,19)20,15(24)25-6-2)21-13-9-8-11(3)12(4)10-13/h8-10,21H,5-7H2,1-4H3,(H,22,23). The van der Waals surface area contributed by atoms with Crippen molar-refractivity contribution in [2.24, 2.45) is 0 Å². The maximum absolute atomic E-state index is 13.8. The van der Waals surface area contributed by atoms with E-state index >= 15 is 0 Å². The van der Waals surface area contributed by atoms with E-state index in [2.05, 4.69) is 10.1 Å². The topological polar surface area (TPSA) is 67.4 Å². The molecule has 0 fully saturated rings. The highest BCUT2D eigenvalue weighted by atomic mass is 19.4. The molecule has 2 N–H and O–H groups in total. The fourth-order valence-corrected chi connectivity index (χ4v) is 2.16. The number of nitrogens with one attached hydrogen (secondary N) is 2. The maximum Gasteiger partial charge on any atom is 0.441 e. The van der Waals surface area contributed by atoms with Crippen LogP contribution in [0.2, 0.25) is 0 Å². The van der Waals surface area contributed by atoms with Gasteiger partial charge in [-0.25, -0.2) is 4.79 Å². The van der Waals surface area contributed by atoms with Gasteiger partial charge in [0.05, 0.1) is 6.61 Å². The Kier molecular flexibility index (Phi) is 6.84. The molecule has 0 spiro atoms. The minimum Gasteiger partial charge on any atom is -0.463 e. The Morgan fingerprint density at radius 3 is 2.24 bits per heavy atom. The minimum absolute atomic E-state index is 0.0466. The summed E-state index contributed by atoms with van der Waals surface area (Å²) in [6.07, 6.45) is -4.92. The van der Waals surface area contributed by atoms with E-state index in [9.17, 15) is 22.8 Å². The molecule has 0 saturated heterocycles. The monoisotopic (exact) mass is 360 g/mol. The normalized spacial score (nSPS) is 13.7. The van der Waals surface area contributed by atoms with E-state index in [0.717, 1.165) is 11.1 Å². The maximum atomic E-state index is 13.8.